The lowest BCUT2D eigenvalue weighted by molar-refractivity contribution is -0.292. The van der Waals surface area contributed by atoms with Gasteiger partial charge in [0, 0.05) is 40.0 Å². The molecule has 45 heavy (non-hydrogen) atoms. The van der Waals surface area contributed by atoms with Crippen LogP contribution in [0.4, 0.5) is 0 Å². The standard InChI is InChI=1S/C32H44N2O11/c1-17(2)27(33)25(15-24-12-11-23(14-18(24)3)10-8-9-13-35)31(34)45-32-30(43-22(7)39)29(42-21(6)38)28(41-20(5)37)26(44-32)16-40-19(4)36/h8,10-12,14,17,25-26,28-30,32-35H,9,13,15-16H2,1-7H3. The minimum absolute atomic E-state index is 0.0498. The molecule has 1 heterocycles. The van der Waals surface area contributed by atoms with Crippen molar-refractivity contribution in [1.82, 2.24) is 0 Å². The third kappa shape index (κ3) is 11.4. The maximum Gasteiger partial charge on any atom is 0.303 e. The second-order valence-electron chi connectivity index (χ2n) is 11.0. The number of aliphatic hydroxyl groups is 1. The Bertz CT molecular complexity index is 1280. The highest BCUT2D eigenvalue weighted by atomic mass is 16.7. The fourth-order valence-electron chi connectivity index (χ4n) is 4.80. The third-order valence-corrected chi connectivity index (χ3v) is 6.90. The number of rotatable bonds is 14. The summed E-state index contributed by atoms with van der Waals surface area (Å²) in [6.07, 6.45) is -2.58. The van der Waals surface area contributed by atoms with Gasteiger partial charge in [-0.05, 0) is 42.4 Å². The molecular formula is C32H44N2O11. The minimum atomic E-state index is -1.57. The normalized spacial score (nSPS) is 21.9. The van der Waals surface area contributed by atoms with Crippen molar-refractivity contribution in [3.05, 3.63) is 41.0 Å². The van der Waals surface area contributed by atoms with Crippen molar-refractivity contribution in [3.8, 4) is 0 Å². The van der Waals surface area contributed by atoms with Crippen LogP contribution in [-0.2, 0) is 54.0 Å². The lowest BCUT2D eigenvalue weighted by atomic mass is 9.86. The van der Waals surface area contributed by atoms with Gasteiger partial charge in [-0.3, -0.25) is 24.6 Å². The first-order valence-electron chi connectivity index (χ1n) is 14.6. The van der Waals surface area contributed by atoms with E-state index >= 15 is 0 Å². The molecule has 0 aliphatic carbocycles. The second kappa shape index (κ2) is 17.4. The summed E-state index contributed by atoms with van der Waals surface area (Å²) in [5, 5.41) is 26.8. The number of carbonyl (C=O) groups is 4. The van der Waals surface area contributed by atoms with Crippen molar-refractivity contribution >= 4 is 41.6 Å². The molecule has 0 spiro atoms. The van der Waals surface area contributed by atoms with Crippen molar-refractivity contribution in [2.75, 3.05) is 13.2 Å². The fraction of sp³-hybridized carbons (Fsp3) is 0.562. The van der Waals surface area contributed by atoms with Crippen molar-refractivity contribution < 1.29 is 52.7 Å². The summed E-state index contributed by atoms with van der Waals surface area (Å²) in [5.41, 5.74) is 2.92. The van der Waals surface area contributed by atoms with Crippen LogP contribution in [0.15, 0.2) is 24.3 Å². The lowest BCUT2D eigenvalue weighted by Crippen LogP contribution is -2.63. The summed E-state index contributed by atoms with van der Waals surface area (Å²) in [6, 6.07) is 5.76. The third-order valence-electron chi connectivity index (χ3n) is 6.90. The molecule has 0 aromatic heterocycles. The Morgan fingerprint density at radius 2 is 1.51 bits per heavy atom. The van der Waals surface area contributed by atoms with Crippen molar-refractivity contribution in [2.45, 2.75) is 92.0 Å². The van der Waals surface area contributed by atoms with E-state index in [9.17, 15) is 19.2 Å². The summed E-state index contributed by atoms with van der Waals surface area (Å²) in [6.45, 7) is 9.68. The van der Waals surface area contributed by atoms with Gasteiger partial charge in [0.2, 0.25) is 12.4 Å². The van der Waals surface area contributed by atoms with Crippen molar-refractivity contribution in [1.29, 1.82) is 10.8 Å². The number of esters is 4. The monoisotopic (exact) mass is 632 g/mol. The minimum Gasteiger partial charge on any atom is -0.463 e. The summed E-state index contributed by atoms with van der Waals surface area (Å²) in [5.74, 6) is -4.50. The van der Waals surface area contributed by atoms with E-state index in [1.165, 1.54) is 6.92 Å². The Balaban J connectivity index is 2.49. The highest BCUT2D eigenvalue weighted by Gasteiger charge is 2.54. The van der Waals surface area contributed by atoms with E-state index in [-0.39, 0.29) is 30.6 Å². The van der Waals surface area contributed by atoms with Gasteiger partial charge in [-0.15, -0.1) is 0 Å². The molecule has 1 aliphatic heterocycles. The highest BCUT2D eigenvalue weighted by molar-refractivity contribution is 6.02. The van der Waals surface area contributed by atoms with Crippen LogP contribution in [0.25, 0.3) is 6.08 Å². The van der Waals surface area contributed by atoms with E-state index in [1.807, 2.05) is 51.1 Å². The van der Waals surface area contributed by atoms with E-state index in [2.05, 4.69) is 0 Å². The largest absolute Gasteiger partial charge is 0.463 e. The Hall–Kier alpha value is -4.10. The van der Waals surface area contributed by atoms with Gasteiger partial charge in [-0.1, -0.05) is 44.2 Å². The molecule has 1 fully saturated rings. The van der Waals surface area contributed by atoms with E-state index in [0.717, 1.165) is 37.5 Å². The molecule has 1 saturated heterocycles. The first kappa shape index (κ1) is 37.1. The molecule has 0 amide bonds. The lowest BCUT2D eigenvalue weighted by Gasteiger charge is -2.44. The number of ether oxygens (including phenoxy) is 6. The molecule has 248 valence electrons. The SMILES string of the molecule is CC(=O)OCC1OC(OC(=N)C(Cc2ccc(C=CCCO)cc2C)C(=N)C(C)C)C(OC(C)=O)C(OC(C)=O)C1OC(C)=O. The average Bonchev–Trinajstić information content (AvgIpc) is 2.93. The summed E-state index contributed by atoms with van der Waals surface area (Å²) in [4.78, 5) is 47.9. The number of nitrogens with one attached hydrogen (secondary N) is 2. The Kier molecular flexibility index (Phi) is 14.3. The van der Waals surface area contributed by atoms with Crippen molar-refractivity contribution in [3.63, 3.8) is 0 Å². The van der Waals surface area contributed by atoms with Gasteiger partial charge < -0.3 is 38.9 Å². The zero-order valence-corrected chi connectivity index (χ0v) is 26.8. The van der Waals surface area contributed by atoms with E-state index in [4.69, 9.17) is 44.3 Å². The molecule has 1 aliphatic rings. The van der Waals surface area contributed by atoms with Crippen LogP contribution >= 0.6 is 0 Å². The van der Waals surface area contributed by atoms with E-state index in [1.54, 1.807) is 0 Å². The number of hydrogen-bond acceptors (Lipinski definition) is 13. The van der Waals surface area contributed by atoms with E-state index < -0.39 is 67.1 Å². The molecule has 0 radical (unpaired) electrons. The molecule has 2 rings (SSSR count). The maximum atomic E-state index is 12.2. The first-order chi connectivity index (χ1) is 21.1. The van der Waals surface area contributed by atoms with Crippen LogP contribution in [-0.4, -0.2) is 84.5 Å². The number of hydrogen-bond donors (Lipinski definition) is 3. The van der Waals surface area contributed by atoms with Gasteiger partial charge in [0.05, 0.1) is 5.92 Å². The molecule has 13 heteroatoms. The predicted molar refractivity (Wildman–Crippen MR) is 162 cm³/mol. The topological polar surface area (TPSA) is 192 Å². The van der Waals surface area contributed by atoms with Gasteiger partial charge in [-0.25, -0.2) is 0 Å². The molecular weight excluding hydrogens is 588 g/mol. The van der Waals surface area contributed by atoms with Crippen LogP contribution in [0.1, 0.15) is 64.7 Å². The molecule has 1 aromatic carbocycles. The molecule has 0 saturated carbocycles. The number of benzene rings is 1. The number of aliphatic hydroxyl groups excluding tert-OH is 1. The molecule has 3 N–H and O–H groups in total. The average molecular weight is 633 g/mol. The molecule has 13 nitrogen and oxygen atoms in total. The zero-order valence-electron chi connectivity index (χ0n) is 26.8. The molecule has 1 aromatic rings. The van der Waals surface area contributed by atoms with Gasteiger partial charge in [0.25, 0.3) is 0 Å². The molecule has 0 bridgehead atoms. The first-order valence-corrected chi connectivity index (χ1v) is 14.6. The van der Waals surface area contributed by atoms with Crippen LogP contribution in [0.3, 0.4) is 0 Å². The predicted octanol–water partition coefficient (Wildman–Crippen LogP) is 3.30. The van der Waals surface area contributed by atoms with Gasteiger partial charge in [-0.2, -0.15) is 0 Å². The van der Waals surface area contributed by atoms with Gasteiger partial charge in [0.1, 0.15) is 12.7 Å². The van der Waals surface area contributed by atoms with Crippen LogP contribution in [0.2, 0.25) is 0 Å². The number of carbonyl (C=O) groups excluding carboxylic acids is 4. The smallest absolute Gasteiger partial charge is 0.303 e. The highest BCUT2D eigenvalue weighted by Crippen LogP contribution is 2.31. The van der Waals surface area contributed by atoms with Crippen LogP contribution in [0.5, 0.6) is 0 Å². The molecule has 6 atom stereocenters. The zero-order chi connectivity index (χ0) is 33.8. The second-order valence-corrected chi connectivity index (χ2v) is 11.0. The quantitative estimate of drug-likeness (QED) is 0.118. The summed E-state index contributed by atoms with van der Waals surface area (Å²) in [7, 11) is 0. The van der Waals surface area contributed by atoms with Crippen molar-refractivity contribution in [2.24, 2.45) is 11.8 Å². The maximum absolute atomic E-state index is 12.2. The number of aryl methyl sites for hydroxylation is 1. The van der Waals surface area contributed by atoms with Gasteiger partial charge in [0.15, 0.2) is 18.1 Å². The van der Waals surface area contributed by atoms with E-state index in [0.29, 0.717) is 6.42 Å². The van der Waals surface area contributed by atoms with Gasteiger partial charge >= 0.3 is 23.9 Å². The summed E-state index contributed by atoms with van der Waals surface area (Å²) >= 11 is 0. The van der Waals surface area contributed by atoms with Crippen LogP contribution < -0.4 is 0 Å². The van der Waals surface area contributed by atoms with Crippen LogP contribution in [0, 0.1) is 29.6 Å². The Morgan fingerprint density at radius 3 is 2.04 bits per heavy atom. The Morgan fingerprint density at radius 1 is 0.911 bits per heavy atom. The molecule has 6 unspecified atom stereocenters. The fourth-order valence-corrected chi connectivity index (χ4v) is 4.80. The Labute approximate surface area is 263 Å². The summed E-state index contributed by atoms with van der Waals surface area (Å²) < 4.78 is 33.3.